The molecule has 3 heteroatoms. The number of benzene rings is 5. The predicted octanol–water partition coefficient (Wildman–Crippen LogP) is 8.94. The van der Waals surface area contributed by atoms with Gasteiger partial charge in [-0.1, -0.05) is 121 Å². The molecule has 41 heavy (non-hydrogen) atoms. The number of nitrogens with zero attached hydrogens (tertiary/aromatic N) is 1. The summed E-state index contributed by atoms with van der Waals surface area (Å²) >= 11 is 0. The van der Waals surface area contributed by atoms with Crippen molar-refractivity contribution >= 4 is 39.5 Å². The maximum Gasteiger partial charge on any atom is 0.0864 e. The van der Waals surface area contributed by atoms with E-state index in [1.54, 1.807) is 0 Å². The molecular formula is C38H27N3. The van der Waals surface area contributed by atoms with Crippen molar-refractivity contribution < 1.29 is 0 Å². The molecule has 0 fully saturated rings. The first-order chi connectivity index (χ1) is 20.3. The third-order valence-electron chi connectivity index (χ3n) is 7.55. The summed E-state index contributed by atoms with van der Waals surface area (Å²) in [5.41, 5.74) is 10.2. The molecule has 0 aliphatic carbocycles. The lowest BCUT2D eigenvalue weighted by Crippen LogP contribution is -2.21. The van der Waals surface area contributed by atoms with E-state index in [0.717, 1.165) is 66.8 Å². The Morgan fingerprint density at radius 3 is 2.24 bits per heavy atom. The number of pyridine rings is 1. The van der Waals surface area contributed by atoms with Crippen LogP contribution in [0.5, 0.6) is 0 Å². The fraction of sp³-hybridized carbons (Fsp3) is 0. The highest BCUT2D eigenvalue weighted by atomic mass is 14.9. The van der Waals surface area contributed by atoms with E-state index in [4.69, 9.17) is 0 Å². The van der Waals surface area contributed by atoms with E-state index >= 15 is 0 Å². The van der Waals surface area contributed by atoms with Gasteiger partial charge in [-0.15, -0.1) is 0 Å². The van der Waals surface area contributed by atoms with Gasteiger partial charge >= 0.3 is 0 Å². The van der Waals surface area contributed by atoms with Crippen molar-refractivity contribution in [3.8, 4) is 11.1 Å². The Kier molecular flexibility index (Phi) is 6.31. The minimum absolute atomic E-state index is 0.464. The number of rotatable bonds is 5. The number of fused-ring (bicyclic) bond motifs is 2. The first kappa shape index (κ1) is 24.5. The number of hydrogen-bond donors (Lipinski definition) is 2. The van der Waals surface area contributed by atoms with Crippen molar-refractivity contribution in [2.75, 3.05) is 0 Å². The van der Waals surface area contributed by atoms with Crippen LogP contribution >= 0.6 is 0 Å². The summed E-state index contributed by atoms with van der Waals surface area (Å²) in [5.74, 6) is 0. The summed E-state index contributed by atoms with van der Waals surface area (Å²) in [6.45, 7) is 0. The van der Waals surface area contributed by atoms with Gasteiger partial charge in [-0.25, -0.2) is 0 Å². The molecule has 0 atom stereocenters. The van der Waals surface area contributed by atoms with E-state index in [1.807, 2.05) is 48.7 Å². The van der Waals surface area contributed by atoms with Crippen molar-refractivity contribution in [3.63, 3.8) is 0 Å². The number of hydrogen-bond acceptors (Lipinski definition) is 3. The van der Waals surface area contributed by atoms with Crippen molar-refractivity contribution in [1.29, 1.82) is 5.41 Å². The SMILES string of the molecule is N=C(/C(=C1\NC(c2ccccn2)=Cc2ccccc21)c1cccc(-c2ccccc2)c1)c1cccc2ccccc12. The smallest absolute Gasteiger partial charge is 0.0864 e. The standard InChI is InChI=1S/C38H27N3/c39-37(33-21-11-16-27-14-4-6-19-31(27)33)36(30-18-10-17-28(24-30)26-12-2-1-3-13-26)38-32-20-7-5-15-29(32)25-35(41-38)34-22-8-9-23-40-34/h1-25,39,41H/b38-36-,39-37?. The zero-order valence-corrected chi connectivity index (χ0v) is 22.4. The largest absolute Gasteiger partial charge is 0.353 e. The molecule has 7 rings (SSSR count). The van der Waals surface area contributed by atoms with Gasteiger partial charge in [0.1, 0.15) is 0 Å². The first-order valence-electron chi connectivity index (χ1n) is 13.7. The molecule has 1 aromatic heterocycles. The van der Waals surface area contributed by atoms with Crippen molar-refractivity contribution in [1.82, 2.24) is 10.3 Å². The van der Waals surface area contributed by atoms with E-state index in [9.17, 15) is 5.41 Å². The van der Waals surface area contributed by atoms with Crippen molar-refractivity contribution in [3.05, 3.63) is 174 Å². The molecule has 0 spiro atoms. The molecule has 2 heterocycles. The summed E-state index contributed by atoms with van der Waals surface area (Å²) in [4.78, 5) is 4.63. The van der Waals surface area contributed by atoms with Gasteiger partial charge < -0.3 is 5.32 Å². The third-order valence-corrected chi connectivity index (χ3v) is 7.55. The molecule has 0 saturated carbocycles. The van der Waals surface area contributed by atoms with Gasteiger partial charge in [-0.3, -0.25) is 10.4 Å². The second kappa shape index (κ2) is 10.6. The van der Waals surface area contributed by atoms with Gasteiger partial charge in [0.05, 0.1) is 22.8 Å². The normalized spacial score (nSPS) is 13.6. The van der Waals surface area contributed by atoms with E-state index < -0.39 is 0 Å². The maximum atomic E-state index is 9.80. The lowest BCUT2D eigenvalue weighted by molar-refractivity contribution is 1.16. The van der Waals surface area contributed by atoms with Crippen LogP contribution in [0.1, 0.15) is 27.9 Å². The van der Waals surface area contributed by atoms with E-state index in [2.05, 4.69) is 113 Å². The molecule has 0 bridgehead atoms. The van der Waals surface area contributed by atoms with Gasteiger partial charge in [0, 0.05) is 22.9 Å². The van der Waals surface area contributed by atoms with Crippen LogP contribution in [0.15, 0.2) is 146 Å². The molecule has 0 radical (unpaired) electrons. The summed E-state index contributed by atoms with van der Waals surface area (Å²) in [6.07, 6.45) is 3.95. The Morgan fingerprint density at radius 2 is 1.37 bits per heavy atom. The van der Waals surface area contributed by atoms with Gasteiger partial charge in [0.15, 0.2) is 0 Å². The Morgan fingerprint density at radius 1 is 0.634 bits per heavy atom. The number of nitrogens with one attached hydrogen (secondary N) is 2. The Labute approximate surface area is 239 Å². The molecule has 5 aromatic carbocycles. The fourth-order valence-corrected chi connectivity index (χ4v) is 5.58. The van der Waals surface area contributed by atoms with Crippen LogP contribution in [0, 0.1) is 5.41 Å². The quantitative estimate of drug-likeness (QED) is 0.221. The van der Waals surface area contributed by atoms with Gasteiger partial charge in [-0.05, 0) is 57.3 Å². The molecule has 0 amide bonds. The average molecular weight is 526 g/mol. The fourth-order valence-electron chi connectivity index (χ4n) is 5.58. The van der Waals surface area contributed by atoms with Gasteiger partial charge in [0.25, 0.3) is 0 Å². The highest BCUT2D eigenvalue weighted by Crippen LogP contribution is 2.37. The van der Waals surface area contributed by atoms with Crippen molar-refractivity contribution in [2.45, 2.75) is 0 Å². The van der Waals surface area contributed by atoms with Gasteiger partial charge in [0.2, 0.25) is 0 Å². The first-order valence-corrected chi connectivity index (χ1v) is 13.7. The van der Waals surface area contributed by atoms with E-state index in [-0.39, 0.29) is 0 Å². The maximum absolute atomic E-state index is 9.80. The molecule has 3 nitrogen and oxygen atoms in total. The molecule has 2 N–H and O–H groups in total. The molecule has 0 saturated heterocycles. The van der Waals surface area contributed by atoms with Gasteiger partial charge in [-0.2, -0.15) is 0 Å². The molecule has 194 valence electrons. The summed E-state index contributed by atoms with van der Waals surface area (Å²) in [5, 5.41) is 15.7. The summed E-state index contributed by atoms with van der Waals surface area (Å²) < 4.78 is 0. The number of allylic oxidation sites excluding steroid dienone is 1. The topological polar surface area (TPSA) is 48.8 Å². The molecule has 6 aromatic rings. The third kappa shape index (κ3) is 4.64. The highest BCUT2D eigenvalue weighted by molar-refractivity contribution is 6.38. The zero-order chi connectivity index (χ0) is 27.6. The van der Waals surface area contributed by atoms with Crippen molar-refractivity contribution in [2.24, 2.45) is 0 Å². The van der Waals surface area contributed by atoms with Crippen LogP contribution in [-0.2, 0) is 0 Å². The van der Waals surface area contributed by atoms with E-state index in [0.29, 0.717) is 5.71 Å². The van der Waals surface area contributed by atoms with Crippen LogP contribution in [0.2, 0.25) is 0 Å². The highest BCUT2D eigenvalue weighted by Gasteiger charge is 2.24. The monoisotopic (exact) mass is 525 g/mol. The second-order valence-electron chi connectivity index (χ2n) is 10.1. The Bertz CT molecular complexity index is 1960. The van der Waals surface area contributed by atoms with Crippen LogP contribution in [0.3, 0.4) is 0 Å². The summed E-state index contributed by atoms with van der Waals surface area (Å²) in [6, 6.07) is 47.7. The lowest BCUT2D eigenvalue weighted by atomic mass is 9.86. The van der Waals surface area contributed by atoms with Crippen LogP contribution in [0.4, 0.5) is 0 Å². The lowest BCUT2D eigenvalue weighted by Gasteiger charge is -2.26. The summed E-state index contributed by atoms with van der Waals surface area (Å²) in [7, 11) is 0. The van der Waals surface area contributed by atoms with Crippen LogP contribution < -0.4 is 5.32 Å². The zero-order valence-electron chi connectivity index (χ0n) is 22.4. The minimum Gasteiger partial charge on any atom is -0.353 e. The Balaban J connectivity index is 1.50. The Hall–Kier alpha value is -5.54. The molecular weight excluding hydrogens is 498 g/mol. The molecule has 1 aliphatic heterocycles. The minimum atomic E-state index is 0.464. The molecule has 1 aliphatic rings. The van der Waals surface area contributed by atoms with Crippen LogP contribution in [-0.4, -0.2) is 10.7 Å². The molecule has 0 unspecified atom stereocenters. The second-order valence-corrected chi connectivity index (χ2v) is 10.1. The van der Waals surface area contributed by atoms with Crippen LogP contribution in [0.25, 0.3) is 44.9 Å². The average Bonchev–Trinajstić information content (AvgIpc) is 3.05. The van der Waals surface area contributed by atoms with E-state index in [1.165, 1.54) is 0 Å². The predicted molar refractivity (Wildman–Crippen MR) is 171 cm³/mol. The number of aromatic nitrogens is 1.